The van der Waals surface area contributed by atoms with Crippen molar-refractivity contribution in [2.75, 3.05) is 0 Å². The molecule has 1 aliphatic rings. The van der Waals surface area contributed by atoms with Crippen LogP contribution in [0.2, 0.25) is 0 Å². The molecule has 0 aromatic carbocycles. The van der Waals surface area contributed by atoms with Gasteiger partial charge in [-0.3, -0.25) is 0 Å². The van der Waals surface area contributed by atoms with Gasteiger partial charge in [0.1, 0.15) is 0 Å². The molecule has 0 bridgehead atoms. The molecule has 0 saturated carbocycles. The van der Waals surface area contributed by atoms with Gasteiger partial charge >= 0.3 is 0 Å². The normalized spacial score (nSPS) is 14.2. The van der Waals surface area contributed by atoms with Gasteiger partial charge in [0.25, 0.3) is 0 Å². The number of fused-ring (bicyclic) bond motifs is 1. The van der Waals surface area contributed by atoms with Gasteiger partial charge in [-0.2, -0.15) is 0 Å². The average Bonchev–Trinajstić information content (AvgIpc) is 2.21. The van der Waals surface area contributed by atoms with E-state index in [0.717, 1.165) is 0 Å². The Morgan fingerprint density at radius 2 is 2.20 bits per heavy atom. The zero-order valence-corrected chi connectivity index (χ0v) is 5.00. The molecule has 3 N–H and O–H groups in total. The van der Waals surface area contributed by atoms with E-state index in [9.17, 15) is 0 Å². The third-order valence-electron chi connectivity index (χ3n) is 1.32. The first-order valence-corrected chi connectivity index (χ1v) is 2.80. The Bertz CT molecular complexity index is 301. The lowest BCUT2D eigenvalue weighted by Gasteiger charge is -1.86. The highest BCUT2D eigenvalue weighted by atomic mass is 16.3. The lowest BCUT2D eigenvalue weighted by Crippen LogP contribution is -1.87. The Balaban J connectivity index is 2.53. The number of hydrogen-bond acceptors (Lipinski definition) is 2. The van der Waals surface area contributed by atoms with Gasteiger partial charge in [-0.05, 0) is 0 Å². The Labute approximate surface area is 56.8 Å². The van der Waals surface area contributed by atoms with E-state index in [1.54, 1.807) is 0 Å². The van der Waals surface area contributed by atoms with Crippen LogP contribution < -0.4 is 5.32 Å². The van der Waals surface area contributed by atoms with Crippen molar-refractivity contribution in [3.63, 3.8) is 0 Å². The Hall–Kier alpha value is -1.58. The van der Waals surface area contributed by atoms with E-state index in [0.29, 0.717) is 11.4 Å². The molecule has 0 spiro atoms. The van der Waals surface area contributed by atoms with Gasteiger partial charge in [-0.25, -0.2) is 5.32 Å². The van der Waals surface area contributed by atoms with Gasteiger partial charge in [0, 0.05) is 12.1 Å². The monoisotopic (exact) mass is 137 g/mol. The molecule has 0 fully saturated rings. The summed E-state index contributed by atoms with van der Waals surface area (Å²) in [4.78, 5) is 2.61. The molecule has 4 nitrogen and oxygen atoms in total. The summed E-state index contributed by atoms with van der Waals surface area (Å²) in [5, 5.41) is 21.4. The fourth-order valence-electron chi connectivity index (χ4n) is 0.933. The smallest absolute Gasteiger partial charge is 0.213 e. The van der Waals surface area contributed by atoms with E-state index in [1.165, 1.54) is 12.1 Å². The topological polar surface area (TPSA) is 70.3 Å². The van der Waals surface area contributed by atoms with Crippen molar-refractivity contribution >= 4 is 11.8 Å². The molecule has 0 amide bonds. The third-order valence-corrected chi connectivity index (χ3v) is 1.32. The lowest BCUT2D eigenvalue weighted by atomic mass is 10.4. The summed E-state index contributed by atoms with van der Waals surface area (Å²) < 4.78 is 0. The number of H-pyrrole nitrogens is 1. The molecule has 2 heterocycles. The highest BCUT2D eigenvalue weighted by Crippen LogP contribution is 2.28. The number of nitrogens with one attached hydrogen (secondary N) is 1. The van der Waals surface area contributed by atoms with E-state index < -0.39 is 0 Å². The van der Waals surface area contributed by atoms with Crippen LogP contribution >= 0.6 is 0 Å². The van der Waals surface area contributed by atoms with Crippen molar-refractivity contribution in [3.8, 4) is 5.88 Å². The molecule has 0 atom stereocenters. The molecule has 1 aliphatic heterocycles. The number of rotatable bonds is 0. The summed E-state index contributed by atoms with van der Waals surface area (Å²) in [5.74, 6) is 0.0405. The molecule has 0 aliphatic carbocycles. The van der Waals surface area contributed by atoms with E-state index in [4.69, 9.17) is 10.2 Å². The summed E-state index contributed by atoms with van der Waals surface area (Å²) >= 11 is 0. The number of hydrogen-bond donors (Lipinski definition) is 3. The summed E-state index contributed by atoms with van der Waals surface area (Å²) in [6.45, 7) is 0. The average molecular weight is 137 g/mol. The molecule has 1 radical (unpaired) electrons. The standard InChI is InChI=1S/C6H5N2O2/c9-5-1-3-4(8-5)2-6(10)7-3/h1-2,7,9-10H. The summed E-state index contributed by atoms with van der Waals surface area (Å²) in [6.07, 6.45) is 1.45. The van der Waals surface area contributed by atoms with Crippen LogP contribution in [-0.2, 0) is 0 Å². The summed E-state index contributed by atoms with van der Waals surface area (Å²) in [6, 6.07) is 1.45. The Kier molecular flexibility index (Phi) is 0.768. The number of aromatic nitrogens is 1. The molecule has 0 unspecified atom stereocenters. The van der Waals surface area contributed by atoms with Crippen LogP contribution in [0.4, 0.5) is 5.69 Å². The maximum Gasteiger partial charge on any atom is 0.213 e. The largest absolute Gasteiger partial charge is 0.495 e. The number of aromatic hydroxyl groups is 1. The molecule has 1 aromatic heterocycles. The first-order valence-electron chi connectivity index (χ1n) is 2.80. The Morgan fingerprint density at radius 3 is 2.90 bits per heavy atom. The van der Waals surface area contributed by atoms with Gasteiger partial charge in [0.05, 0.1) is 11.4 Å². The first-order chi connectivity index (χ1) is 4.75. The van der Waals surface area contributed by atoms with Gasteiger partial charge in [0.15, 0.2) is 5.88 Å². The van der Waals surface area contributed by atoms with Crippen LogP contribution in [0.25, 0.3) is 6.08 Å². The zero-order chi connectivity index (χ0) is 7.14. The molecule has 1 aromatic rings. The number of aliphatic hydroxyl groups excluding tert-OH is 1. The molecule has 51 valence electrons. The van der Waals surface area contributed by atoms with Crippen molar-refractivity contribution < 1.29 is 10.2 Å². The minimum atomic E-state index is -0.0266. The van der Waals surface area contributed by atoms with Gasteiger partial charge in [0.2, 0.25) is 5.88 Å². The fraction of sp³-hybridized carbons (Fsp3) is 0. The molecular weight excluding hydrogens is 132 g/mol. The summed E-state index contributed by atoms with van der Waals surface area (Å²) in [7, 11) is 0. The van der Waals surface area contributed by atoms with Crippen molar-refractivity contribution in [2.45, 2.75) is 0 Å². The SMILES string of the molecule is OC1=Cc2[nH]c(O)cc2[N]1. The molecule has 0 saturated heterocycles. The third kappa shape index (κ3) is 0.556. The first kappa shape index (κ1) is 5.22. The number of aliphatic hydroxyl groups is 1. The van der Waals surface area contributed by atoms with Crippen LogP contribution in [0, 0.1) is 0 Å². The number of nitrogens with zero attached hydrogens (tertiary/aromatic N) is 1. The van der Waals surface area contributed by atoms with Crippen LogP contribution in [0.5, 0.6) is 5.88 Å². The second-order valence-corrected chi connectivity index (χ2v) is 2.07. The second-order valence-electron chi connectivity index (χ2n) is 2.07. The van der Waals surface area contributed by atoms with Crippen LogP contribution in [-0.4, -0.2) is 15.2 Å². The van der Waals surface area contributed by atoms with Crippen molar-refractivity contribution in [1.29, 1.82) is 0 Å². The predicted octanol–water partition coefficient (Wildman–Crippen LogP) is 0.826. The van der Waals surface area contributed by atoms with E-state index in [-0.39, 0.29) is 11.8 Å². The van der Waals surface area contributed by atoms with Gasteiger partial charge in [-0.15, -0.1) is 0 Å². The van der Waals surface area contributed by atoms with Crippen LogP contribution in [0.1, 0.15) is 5.69 Å². The van der Waals surface area contributed by atoms with Gasteiger partial charge in [-0.1, -0.05) is 0 Å². The molecular formula is C6H5N2O2. The predicted molar refractivity (Wildman–Crippen MR) is 34.9 cm³/mol. The second kappa shape index (κ2) is 1.47. The highest BCUT2D eigenvalue weighted by molar-refractivity contribution is 5.69. The maximum atomic E-state index is 8.86. The van der Waals surface area contributed by atoms with E-state index in [2.05, 4.69) is 10.3 Å². The molecule has 4 heteroatoms. The molecule has 10 heavy (non-hydrogen) atoms. The highest BCUT2D eigenvalue weighted by Gasteiger charge is 2.15. The van der Waals surface area contributed by atoms with Crippen molar-refractivity contribution in [1.82, 2.24) is 10.3 Å². The minimum Gasteiger partial charge on any atom is -0.495 e. The van der Waals surface area contributed by atoms with Gasteiger partial charge < -0.3 is 15.2 Å². The Morgan fingerprint density at radius 1 is 1.40 bits per heavy atom. The zero-order valence-electron chi connectivity index (χ0n) is 5.00. The quantitative estimate of drug-likeness (QED) is 0.495. The van der Waals surface area contributed by atoms with E-state index in [1.807, 2.05) is 0 Å². The van der Waals surface area contributed by atoms with Crippen molar-refractivity contribution in [2.24, 2.45) is 0 Å². The van der Waals surface area contributed by atoms with Crippen molar-refractivity contribution in [3.05, 3.63) is 17.6 Å². The minimum absolute atomic E-state index is 0.0266. The fourth-order valence-corrected chi connectivity index (χ4v) is 0.933. The summed E-state index contributed by atoms with van der Waals surface area (Å²) in [5.41, 5.74) is 1.23. The number of aromatic amines is 1. The van der Waals surface area contributed by atoms with Crippen LogP contribution in [0.3, 0.4) is 0 Å². The molecule has 2 rings (SSSR count). The van der Waals surface area contributed by atoms with Crippen LogP contribution in [0.15, 0.2) is 11.9 Å². The lowest BCUT2D eigenvalue weighted by molar-refractivity contribution is 0.390. The van der Waals surface area contributed by atoms with E-state index >= 15 is 0 Å². The maximum absolute atomic E-state index is 8.86.